The highest BCUT2D eigenvalue weighted by Crippen LogP contribution is 2.20. The van der Waals surface area contributed by atoms with Crippen LogP contribution < -0.4 is 15.5 Å². The summed E-state index contributed by atoms with van der Waals surface area (Å²) in [4.78, 5) is 26.0. The number of aliphatic hydroxyl groups is 1. The summed E-state index contributed by atoms with van der Waals surface area (Å²) in [6, 6.07) is 7.32. The largest absolute Gasteiger partial charge is 0.393 e. The maximum absolute atomic E-state index is 11.1. The molecule has 0 unspecified atom stereocenters. The van der Waals surface area contributed by atoms with E-state index in [4.69, 9.17) is 0 Å². The van der Waals surface area contributed by atoms with Crippen LogP contribution in [0.5, 0.6) is 0 Å². The van der Waals surface area contributed by atoms with Crippen molar-refractivity contribution < 1.29 is 9.90 Å². The number of carbonyl (C=O) groups excluding carboxylic acids is 1. The number of benzene rings is 1. The number of aliphatic hydroxyl groups excluding tert-OH is 1. The number of amides is 1. The standard InChI is InChI=1S/C16H20N6O2/c1-11(23)19-12-3-2-4-13(9-12)20-15-17-10-18-16(21-15)22-7-5-14(24)6-8-22/h2-4,9-10,14,24H,5-8H2,1H3,(H,19,23)(H,17,18,20,21). The van der Waals surface area contributed by atoms with Crippen molar-refractivity contribution in [2.75, 3.05) is 28.6 Å². The molecule has 0 bridgehead atoms. The van der Waals surface area contributed by atoms with Gasteiger partial charge in [0.25, 0.3) is 0 Å². The number of hydrogen-bond donors (Lipinski definition) is 3. The van der Waals surface area contributed by atoms with Gasteiger partial charge in [0, 0.05) is 31.4 Å². The predicted molar refractivity (Wildman–Crippen MR) is 91.3 cm³/mol. The van der Waals surface area contributed by atoms with E-state index < -0.39 is 0 Å². The zero-order valence-electron chi connectivity index (χ0n) is 13.4. The summed E-state index contributed by atoms with van der Waals surface area (Å²) < 4.78 is 0. The molecule has 126 valence electrons. The molecule has 2 heterocycles. The van der Waals surface area contributed by atoms with E-state index in [9.17, 15) is 9.90 Å². The van der Waals surface area contributed by atoms with Gasteiger partial charge in [-0.15, -0.1) is 0 Å². The fourth-order valence-electron chi connectivity index (χ4n) is 2.57. The molecule has 0 spiro atoms. The molecule has 8 heteroatoms. The molecule has 8 nitrogen and oxygen atoms in total. The molecule has 3 N–H and O–H groups in total. The van der Waals surface area contributed by atoms with Gasteiger partial charge in [-0.2, -0.15) is 4.98 Å². The number of piperidine rings is 1. The van der Waals surface area contributed by atoms with Gasteiger partial charge in [0.05, 0.1) is 6.10 Å². The van der Waals surface area contributed by atoms with Crippen molar-refractivity contribution in [1.29, 1.82) is 0 Å². The van der Waals surface area contributed by atoms with Crippen LogP contribution in [0, 0.1) is 0 Å². The molecule has 0 radical (unpaired) electrons. The van der Waals surface area contributed by atoms with Crippen LogP contribution in [0.2, 0.25) is 0 Å². The number of carbonyl (C=O) groups is 1. The van der Waals surface area contributed by atoms with Crippen LogP contribution >= 0.6 is 0 Å². The maximum atomic E-state index is 11.1. The Balaban J connectivity index is 1.71. The van der Waals surface area contributed by atoms with Crippen LogP contribution in [0.3, 0.4) is 0 Å². The number of nitrogens with zero attached hydrogens (tertiary/aromatic N) is 4. The number of anilines is 4. The highest BCUT2D eigenvalue weighted by molar-refractivity contribution is 5.89. The number of hydrogen-bond acceptors (Lipinski definition) is 7. The summed E-state index contributed by atoms with van der Waals surface area (Å²) in [6.45, 7) is 2.92. The van der Waals surface area contributed by atoms with E-state index in [1.54, 1.807) is 0 Å². The third-order valence-electron chi connectivity index (χ3n) is 3.75. The average Bonchev–Trinajstić information content (AvgIpc) is 2.55. The summed E-state index contributed by atoms with van der Waals surface area (Å²) in [5, 5.41) is 15.4. The predicted octanol–water partition coefficient (Wildman–Crippen LogP) is 1.53. The summed E-state index contributed by atoms with van der Waals surface area (Å²) >= 11 is 0. The van der Waals surface area contributed by atoms with Crippen LogP contribution in [-0.2, 0) is 4.79 Å². The van der Waals surface area contributed by atoms with E-state index in [0.717, 1.165) is 18.8 Å². The minimum absolute atomic E-state index is 0.123. The second-order valence-corrected chi connectivity index (χ2v) is 5.71. The van der Waals surface area contributed by atoms with Gasteiger partial charge in [0.15, 0.2) is 0 Å². The molecule has 0 atom stereocenters. The Labute approximate surface area is 140 Å². The summed E-state index contributed by atoms with van der Waals surface area (Å²) in [6.07, 6.45) is 2.66. The smallest absolute Gasteiger partial charge is 0.231 e. The van der Waals surface area contributed by atoms with E-state index in [0.29, 0.717) is 30.4 Å². The molecule has 1 amide bonds. The third kappa shape index (κ3) is 4.17. The van der Waals surface area contributed by atoms with Gasteiger partial charge in [-0.25, -0.2) is 9.97 Å². The molecular formula is C16H20N6O2. The summed E-state index contributed by atoms with van der Waals surface area (Å²) in [5.74, 6) is 0.908. The fourth-order valence-corrected chi connectivity index (χ4v) is 2.57. The summed E-state index contributed by atoms with van der Waals surface area (Å²) in [5.41, 5.74) is 1.47. The van der Waals surface area contributed by atoms with Crippen LogP contribution in [0.4, 0.5) is 23.3 Å². The minimum atomic E-state index is -0.239. The Morgan fingerprint density at radius 3 is 2.75 bits per heavy atom. The van der Waals surface area contributed by atoms with Gasteiger partial charge >= 0.3 is 0 Å². The van der Waals surface area contributed by atoms with Gasteiger partial charge in [-0.05, 0) is 31.0 Å². The summed E-state index contributed by atoms with van der Waals surface area (Å²) in [7, 11) is 0. The molecular weight excluding hydrogens is 308 g/mol. The first-order valence-electron chi connectivity index (χ1n) is 7.87. The molecule has 1 aliphatic heterocycles. The highest BCUT2D eigenvalue weighted by Gasteiger charge is 2.19. The van der Waals surface area contributed by atoms with Crippen molar-refractivity contribution >= 4 is 29.2 Å². The number of aromatic nitrogens is 3. The van der Waals surface area contributed by atoms with E-state index in [-0.39, 0.29) is 12.0 Å². The Bertz CT molecular complexity index is 715. The lowest BCUT2D eigenvalue weighted by molar-refractivity contribution is -0.114. The second kappa shape index (κ2) is 7.22. The first-order chi connectivity index (χ1) is 11.6. The Morgan fingerprint density at radius 2 is 2.00 bits per heavy atom. The molecule has 2 aromatic rings. The van der Waals surface area contributed by atoms with E-state index in [2.05, 4.69) is 25.6 Å². The van der Waals surface area contributed by atoms with Gasteiger partial charge in [-0.3, -0.25) is 4.79 Å². The SMILES string of the molecule is CC(=O)Nc1cccc(Nc2ncnc(N3CCC(O)CC3)n2)c1. The molecule has 0 aliphatic carbocycles. The Morgan fingerprint density at radius 1 is 1.25 bits per heavy atom. The Kier molecular flexibility index (Phi) is 4.85. The van der Waals surface area contributed by atoms with Crippen molar-refractivity contribution in [1.82, 2.24) is 15.0 Å². The first-order valence-corrected chi connectivity index (χ1v) is 7.87. The fraction of sp³-hybridized carbons (Fsp3) is 0.375. The second-order valence-electron chi connectivity index (χ2n) is 5.71. The topological polar surface area (TPSA) is 103 Å². The van der Waals surface area contributed by atoms with Crippen molar-refractivity contribution in [3.8, 4) is 0 Å². The van der Waals surface area contributed by atoms with Crippen LogP contribution in [-0.4, -0.2) is 45.2 Å². The van der Waals surface area contributed by atoms with Crippen LogP contribution in [0.25, 0.3) is 0 Å². The average molecular weight is 328 g/mol. The third-order valence-corrected chi connectivity index (χ3v) is 3.75. The molecule has 0 saturated carbocycles. The van der Waals surface area contributed by atoms with Gasteiger partial charge < -0.3 is 20.6 Å². The van der Waals surface area contributed by atoms with Gasteiger partial charge in [-0.1, -0.05) is 6.07 Å². The first kappa shape index (κ1) is 16.1. The van der Waals surface area contributed by atoms with Gasteiger partial charge in [0.2, 0.25) is 17.8 Å². The minimum Gasteiger partial charge on any atom is -0.393 e. The van der Waals surface area contributed by atoms with Crippen molar-refractivity contribution in [3.63, 3.8) is 0 Å². The van der Waals surface area contributed by atoms with E-state index >= 15 is 0 Å². The van der Waals surface area contributed by atoms with Crippen molar-refractivity contribution in [2.45, 2.75) is 25.9 Å². The molecule has 1 aromatic carbocycles. The highest BCUT2D eigenvalue weighted by atomic mass is 16.3. The van der Waals surface area contributed by atoms with E-state index in [1.165, 1.54) is 13.3 Å². The van der Waals surface area contributed by atoms with Crippen molar-refractivity contribution in [3.05, 3.63) is 30.6 Å². The van der Waals surface area contributed by atoms with Gasteiger partial charge in [0.1, 0.15) is 6.33 Å². The molecule has 1 fully saturated rings. The van der Waals surface area contributed by atoms with E-state index in [1.807, 2.05) is 29.2 Å². The number of rotatable bonds is 4. The molecule has 1 aliphatic rings. The Hall–Kier alpha value is -2.74. The zero-order chi connectivity index (χ0) is 16.9. The molecule has 24 heavy (non-hydrogen) atoms. The maximum Gasteiger partial charge on any atom is 0.231 e. The number of nitrogens with one attached hydrogen (secondary N) is 2. The lowest BCUT2D eigenvalue weighted by Gasteiger charge is -2.29. The lowest BCUT2D eigenvalue weighted by atomic mass is 10.1. The lowest BCUT2D eigenvalue weighted by Crippen LogP contribution is -2.36. The van der Waals surface area contributed by atoms with Crippen LogP contribution in [0.1, 0.15) is 19.8 Å². The van der Waals surface area contributed by atoms with Crippen LogP contribution in [0.15, 0.2) is 30.6 Å². The normalized spacial score (nSPS) is 15.2. The molecule has 3 rings (SSSR count). The zero-order valence-corrected chi connectivity index (χ0v) is 13.4. The van der Waals surface area contributed by atoms with Crippen molar-refractivity contribution in [2.24, 2.45) is 0 Å². The molecule has 1 saturated heterocycles. The molecule has 1 aromatic heterocycles. The monoisotopic (exact) mass is 328 g/mol. The quantitative estimate of drug-likeness (QED) is 0.782.